The summed E-state index contributed by atoms with van der Waals surface area (Å²) in [7, 11) is 0. The normalized spacial score (nSPS) is 23.7. The number of allylic oxidation sites excluding steroid dienone is 1. The van der Waals surface area contributed by atoms with E-state index in [0.717, 1.165) is 160 Å². The monoisotopic (exact) mass is 726 g/mol. The molecule has 0 aromatic heterocycles. The summed E-state index contributed by atoms with van der Waals surface area (Å²) in [6, 6.07) is 0. The molecule has 0 saturated carbocycles. The Balaban J connectivity index is 2.06. The fourth-order valence-corrected chi connectivity index (χ4v) is 7.71. The highest BCUT2D eigenvalue weighted by Gasteiger charge is 2.28. The third kappa shape index (κ3) is 22.5. The highest BCUT2D eigenvalue weighted by Crippen LogP contribution is 2.33. The molecule has 0 N–H and O–H groups in total. The lowest BCUT2D eigenvalue weighted by atomic mass is 9.79. The lowest BCUT2D eigenvalue weighted by molar-refractivity contribution is -0.151. The summed E-state index contributed by atoms with van der Waals surface area (Å²) in [5.74, 6) is -0.551. The maximum absolute atomic E-state index is 13.2. The molecule has 296 valence electrons. The smallest absolute Gasteiger partial charge is 0.320 e. The zero-order valence-electron chi connectivity index (χ0n) is 33.5. The second-order valence-electron chi connectivity index (χ2n) is 15.4. The maximum atomic E-state index is 13.2. The van der Waals surface area contributed by atoms with Crippen LogP contribution in [0.15, 0.2) is 29.3 Å². The molecule has 7 heteroatoms. The van der Waals surface area contributed by atoms with Gasteiger partial charge in [-0.3, -0.25) is 19.3 Å². The summed E-state index contributed by atoms with van der Waals surface area (Å²) >= 11 is 0. The fourth-order valence-electron chi connectivity index (χ4n) is 7.71. The number of carbonyl (C=O) groups is 3. The van der Waals surface area contributed by atoms with Crippen LogP contribution in [0, 0.1) is 11.8 Å². The van der Waals surface area contributed by atoms with E-state index in [9.17, 15) is 14.4 Å². The summed E-state index contributed by atoms with van der Waals surface area (Å²) in [5, 5.41) is 0. The van der Waals surface area contributed by atoms with E-state index in [-0.39, 0.29) is 48.7 Å². The van der Waals surface area contributed by atoms with Crippen LogP contribution < -0.4 is 0 Å². The van der Waals surface area contributed by atoms with Crippen LogP contribution >= 0.6 is 0 Å². The van der Waals surface area contributed by atoms with Crippen LogP contribution in [0.2, 0.25) is 0 Å². The van der Waals surface area contributed by atoms with Crippen molar-refractivity contribution in [2.45, 2.75) is 193 Å². The number of nitrogens with zero attached hydrogens (tertiary/aromatic N) is 1. The van der Waals surface area contributed by atoms with E-state index in [0.29, 0.717) is 19.8 Å². The first-order valence-corrected chi connectivity index (χ1v) is 21.6. The molecule has 0 radical (unpaired) electrons. The Kier molecular flexibility index (Phi) is 27.1. The number of esters is 3. The van der Waals surface area contributed by atoms with E-state index in [2.05, 4.69) is 42.5 Å². The van der Waals surface area contributed by atoms with Gasteiger partial charge in [0.05, 0.1) is 32.6 Å². The molecule has 0 aliphatic carbocycles. The average Bonchev–Trinajstić information content (AvgIpc) is 3.13. The van der Waals surface area contributed by atoms with E-state index >= 15 is 0 Å². The van der Waals surface area contributed by atoms with Crippen molar-refractivity contribution in [2.75, 3.05) is 32.8 Å². The highest BCUT2D eigenvalue weighted by molar-refractivity contribution is 5.72. The van der Waals surface area contributed by atoms with Gasteiger partial charge in [0.25, 0.3) is 0 Å². The first kappa shape index (κ1) is 45.6. The molecule has 2 aliphatic heterocycles. The molecule has 0 amide bonds. The summed E-state index contributed by atoms with van der Waals surface area (Å²) in [5.41, 5.74) is 9.95. The number of ether oxygens (including phenoxy) is 3. The number of unbranched alkanes of at least 4 members (excludes halogenated alkanes) is 4. The molecule has 52 heavy (non-hydrogen) atoms. The summed E-state index contributed by atoms with van der Waals surface area (Å²) in [4.78, 5) is 41.5. The van der Waals surface area contributed by atoms with Crippen LogP contribution in [0.3, 0.4) is 0 Å². The summed E-state index contributed by atoms with van der Waals surface area (Å²) in [6.45, 7) is 11.4. The van der Waals surface area contributed by atoms with E-state index in [1.165, 1.54) is 19.3 Å². The lowest BCUT2D eigenvalue weighted by Crippen LogP contribution is -2.36. The first-order chi connectivity index (χ1) is 25.5. The van der Waals surface area contributed by atoms with Crippen LogP contribution in [0.4, 0.5) is 0 Å². The van der Waals surface area contributed by atoms with Crippen LogP contribution in [-0.4, -0.2) is 61.8 Å². The fraction of sp³-hybridized carbons (Fsp3) is 0.822. The highest BCUT2D eigenvalue weighted by atomic mass is 16.5. The molecule has 2 aliphatic rings. The maximum Gasteiger partial charge on any atom is 0.320 e. The van der Waals surface area contributed by atoms with Gasteiger partial charge in [-0.05, 0) is 107 Å². The predicted octanol–water partition coefficient (Wildman–Crippen LogP) is 11.1. The van der Waals surface area contributed by atoms with Gasteiger partial charge in [-0.1, -0.05) is 122 Å². The largest absolute Gasteiger partial charge is 0.466 e. The Morgan fingerprint density at radius 1 is 0.692 bits per heavy atom. The Morgan fingerprint density at radius 3 is 1.63 bits per heavy atom. The van der Waals surface area contributed by atoms with Gasteiger partial charge in [0.15, 0.2) is 0 Å². The van der Waals surface area contributed by atoms with Gasteiger partial charge in [-0.25, -0.2) is 0 Å². The van der Waals surface area contributed by atoms with Gasteiger partial charge in [-0.2, -0.15) is 0 Å². The second kappa shape index (κ2) is 30.9. The van der Waals surface area contributed by atoms with Crippen molar-refractivity contribution >= 4 is 17.9 Å². The average molecular weight is 726 g/mol. The Hall–Kier alpha value is -2.55. The SMILES string of the molecule is C=C=C=C=C1C(CCCCC)CC(=O)OCCCCCCCCC(OC(=O)CN2CCCCC2)CCCCCCCCOC(=O)CC1CCCCC. The molecule has 2 fully saturated rings. The minimum Gasteiger partial charge on any atom is -0.466 e. The number of carbonyl (C=O) groups excluding carboxylic acids is 3. The van der Waals surface area contributed by atoms with Gasteiger partial charge in [-0.15, -0.1) is 0 Å². The molecule has 2 unspecified atom stereocenters. The number of hydrogen-bond donors (Lipinski definition) is 0. The Labute approximate surface area is 318 Å². The molecular weight excluding hydrogens is 650 g/mol. The van der Waals surface area contributed by atoms with E-state index in [1.807, 2.05) is 0 Å². The molecule has 0 aromatic rings. The Bertz CT molecular complexity index is 1040. The third-order valence-corrected chi connectivity index (χ3v) is 10.8. The number of cyclic esters (lactones) is 2. The van der Waals surface area contributed by atoms with Crippen LogP contribution in [-0.2, 0) is 28.6 Å². The molecule has 2 rings (SSSR count). The molecule has 0 spiro atoms. The van der Waals surface area contributed by atoms with Crippen molar-refractivity contribution in [3.63, 3.8) is 0 Å². The third-order valence-electron chi connectivity index (χ3n) is 10.8. The number of rotatable bonds is 11. The zero-order valence-corrected chi connectivity index (χ0v) is 33.5. The molecule has 7 nitrogen and oxygen atoms in total. The quantitative estimate of drug-likeness (QED) is 0.0907. The Morgan fingerprint density at radius 2 is 1.15 bits per heavy atom. The summed E-state index contributed by atoms with van der Waals surface area (Å²) in [6.07, 6.45) is 26.8. The van der Waals surface area contributed by atoms with Crippen LogP contribution in [0.5, 0.6) is 0 Å². The molecule has 0 aromatic carbocycles. The minimum atomic E-state index is -0.180. The minimum absolute atomic E-state index is 0.00455. The molecule has 2 saturated heterocycles. The van der Waals surface area contributed by atoms with E-state index in [4.69, 9.17) is 14.2 Å². The number of hydrogen-bond acceptors (Lipinski definition) is 7. The predicted molar refractivity (Wildman–Crippen MR) is 211 cm³/mol. The number of piperidine rings is 1. The van der Waals surface area contributed by atoms with Gasteiger partial charge in [0.1, 0.15) is 6.10 Å². The van der Waals surface area contributed by atoms with Gasteiger partial charge in [0.2, 0.25) is 0 Å². The van der Waals surface area contributed by atoms with Gasteiger partial charge < -0.3 is 14.2 Å². The van der Waals surface area contributed by atoms with E-state index in [1.54, 1.807) is 0 Å². The van der Waals surface area contributed by atoms with Crippen molar-refractivity contribution in [3.05, 3.63) is 29.3 Å². The van der Waals surface area contributed by atoms with Crippen molar-refractivity contribution in [1.29, 1.82) is 0 Å². The van der Waals surface area contributed by atoms with Crippen molar-refractivity contribution < 1.29 is 28.6 Å². The molecule has 2 heterocycles. The van der Waals surface area contributed by atoms with Crippen LogP contribution in [0.25, 0.3) is 0 Å². The van der Waals surface area contributed by atoms with Gasteiger partial charge >= 0.3 is 17.9 Å². The van der Waals surface area contributed by atoms with Gasteiger partial charge in [0, 0.05) is 0 Å². The van der Waals surface area contributed by atoms with Crippen LogP contribution in [0.1, 0.15) is 187 Å². The first-order valence-electron chi connectivity index (χ1n) is 21.6. The standard InChI is InChI=1S/C45H75NO6/c1-4-7-19-27-39-36-43(47)50-34-25-16-12-10-14-21-29-41(52-45(49)38-46-32-23-18-24-33-46)30-22-15-11-13-17-26-35-51-44(48)37-40(28-20-8-5-2)42(39)31-9-6-3/h39-41H,3-5,7-8,10-30,32-38H2,1-2H3. The topological polar surface area (TPSA) is 82.1 Å². The molecule has 2 atom stereocenters. The van der Waals surface area contributed by atoms with Crippen molar-refractivity contribution in [3.8, 4) is 0 Å². The zero-order chi connectivity index (χ0) is 37.5. The van der Waals surface area contributed by atoms with Crippen molar-refractivity contribution in [1.82, 2.24) is 4.90 Å². The molecular formula is C45H75NO6. The number of likely N-dealkylation sites (tertiary alicyclic amines) is 1. The second-order valence-corrected chi connectivity index (χ2v) is 15.4. The summed E-state index contributed by atoms with van der Waals surface area (Å²) < 4.78 is 17.6. The molecule has 0 bridgehead atoms. The van der Waals surface area contributed by atoms with Crippen molar-refractivity contribution in [2.24, 2.45) is 11.8 Å². The lowest BCUT2D eigenvalue weighted by Gasteiger charge is -2.26. The van der Waals surface area contributed by atoms with E-state index < -0.39 is 0 Å².